The lowest BCUT2D eigenvalue weighted by atomic mass is 10.0. The molecule has 1 aliphatic heterocycles. The number of aryl methyl sites for hydroxylation is 2. The van der Waals surface area contributed by atoms with E-state index in [4.69, 9.17) is 13.7 Å². The van der Waals surface area contributed by atoms with Crippen molar-refractivity contribution in [2.45, 2.75) is 25.3 Å². The highest BCUT2D eigenvalue weighted by atomic mass is 32.2. The second-order valence-electron chi connectivity index (χ2n) is 6.66. The predicted molar refractivity (Wildman–Crippen MR) is 103 cm³/mol. The van der Waals surface area contributed by atoms with Gasteiger partial charge in [0.1, 0.15) is 16.4 Å². The quantitative estimate of drug-likeness (QED) is 0.706. The van der Waals surface area contributed by atoms with E-state index in [2.05, 4.69) is 4.90 Å². The van der Waals surface area contributed by atoms with Crippen molar-refractivity contribution in [1.29, 1.82) is 0 Å². The van der Waals surface area contributed by atoms with Crippen molar-refractivity contribution in [2.75, 3.05) is 33.4 Å². The highest BCUT2D eigenvalue weighted by Crippen LogP contribution is 2.29. The van der Waals surface area contributed by atoms with Gasteiger partial charge in [-0.15, -0.1) is 0 Å². The van der Waals surface area contributed by atoms with Gasteiger partial charge in [-0.25, -0.2) is 0 Å². The summed E-state index contributed by atoms with van der Waals surface area (Å²) in [7, 11) is -2.40. The minimum atomic E-state index is -3.93. The Morgan fingerprint density at radius 3 is 2.37 bits per heavy atom. The van der Waals surface area contributed by atoms with Gasteiger partial charge in [-0.3, -0.25) is 4.90 Å². The van der Waals surface area contributed by atoms with Crippen molar-refractivity contribution in [1.82, 2.24) is 4.90 Å². The summed E-state index contributed by atoms with van der Waals surface area (Å²) in [5, 5.41) is 0. The number of ether oxygens (including phenoxy) is 2. The van der Waals surface area contributed by atoms with Crippen LogP contribution < -0.4 is 8.92 Å². The van der Waals surface area contributed by atoms with Crippen LogP contribution in [0.25, 0.3) is 0 Å². The summed E-state index contributed by atoms with van der Waals surface area (Å²) in [5.41, 5.74) is 2.86. The Balaban J connectivity index is 1.90. The van der Waals surface area contributed by atoms with Gasteiger partial charge in [0, 0.05) is 25.2 Å². The Bertz CT molecular complexity index is 887. The zero-order valence-electron chi connectivity index (χ0n) is 15.9. The molecular weight excluding hydrogens is 366 g/mol. The summed E-state index contributed by atoms with van der Waals surface area (Å²) in [6.45, 7) is 7.55. The van der Waals surface area contributed by atoms with Crippen molar-refractivity contribution in [3.63, 3.8) is 0 Å². The Morgan fingerprint density at radius 1 is 1.07 bits per heavy atom. The molecule has 0 aromatic heterocycles. The molecule has 0 aliphatic carbocycles. The molecule has 2 aromatic rings. The van der Waals surface area contributed by atoms with Crippen LogP contribution in [0.1, 0.15) is 16.7 Å². The topological polar surface area (TPSA) is 65.1 Å². The number of hydrogen-bond donors (Lipinski definition) is 0. The molecule has 0 unspecified atom stereocenters. The maximum absolute atomic E-state index is 12.8. The highest BCUT2D eigenvalue weighted by Gasteiger charge is 2.22. The van der Waals surface area contributed by atoms with Crippen molar-refractivity contribution in [3.05, 3.63) is 53.1 Å². The van der Waals surface area contributed by atoms with Gasteiger partial charge < -0.3 is 13.7 Å². The van der Waals surface area contributed by atoms with E-state index in [1.165, 1.54) is 19.2 Å². The van der Waals surface area contributed by atoms with Crippen LogP contribution in [-0.4, -0.2) is 46.7 Å². The number of hydrogen-bond acceptors (Lipinski definition) is 6. The third-order valence-electron chi connectivity index (χ3n) is 4.61. The van der Waals surface area contributed by atoms with E-state index in [-0.39, 0.29) is 4.90 Å². The molecule has 1 fully saturated rings. The molecule has 1 heterocycles. The Morgan fingerprint density at radius 2 is 1.74 bits per heavy atom. The number of methoxy groups -OCH3 is 1. The van der Waals surface area contributed by atoms with Crippen molar-refractivity contribution >= 4 is 10.1 Å². The minimum absolute atomic E-state index is 0.0970. The summed E-state index contributed by atoms with van der Waals surface area (Å²) >= 11 is 0. The highest BCUT2D eigenvalue weighted by molar-refractivity contribution is 7.87. The second kappa shape index (κ2) is 8.29. The smallest absolute Gasteiger partial charge is 0.339 e. The lowest BCUT2D eigenvalue weighted by Crippen LogP contribution is -2.36. The SMILES string of the molecule is COc1ccc(S(=O)(=O)Oc2cc(C)cc(C)c2CN2CCOCC2)cc1. The average molecular weight is 391 g/mol. The zero-order chi connectivity index (χ0) is 19.4. The van der Waals surface area contributed by atoms with Gasteiger partial charge in [0.15, 0.2) is 0 Å². The standard InChI is InChI=1S/C20H25NO5S/c1-15-12-16(2)19(14-21-8-10-25-11-9-21)20(13-15)26-27(22,23)18-6-4-17(24-3)5-7-18/h4-7,12-13H,8-11,14H2,1-3H3. The zero-order valence-corrected chi connectivity index (χ0v) is 16.7. The first kappa shape index (κ1) is 19.7. The monoisotopic (exact) mass is 391 g/mol. The summed E-state index contributed by atoms with van der Waals surface area (Å²) in [4.78, 5) is 2.34. The maximum Gasteiger partial charge on any atom is 0.339 e. The van der Waals surface area contributed by atoms with Gasteiger partial charge in [0.2, 0.25) is 0 Å². The van der Waals surface area contributed by atoms with Gasteiger partial charge in [0.25, 0.3) is 0 Å². The van der Waals surface area contributed by atoms with E-state index in [1.807, 2.05) is 19.9 Å². The van der Waals surface area contributed by atoms with Crippen LogP contribution in [0.4, 0.5) is 0 Å². The van der Waals surface area contributed by atoms with Gasteiger partial charge in [-0.05, 0) is 55.3 Å². The fourth-order valence-electron chi connectivity index (χ4n) is 3.13. The summed E-state index contributed by atoms with van der Waals surface area (Å²) in [6.07, 6.45) is 0. The van der Waals surface area contributed by atoms with Crippen molar-refractivity contribution < 1.29 is 22.1 Å². The van der Waals surface area contributed by atoms with Crippen LogP contribution in [0.15, 0.2) is 41.3 Å². The molecule has 0 atom stereocenters. The van der Waals surface area contributed by atoms with Gasteiger partial charge >= 0.3 is 10.1 Å². The first-order valence-electron chi connectivity index (χ1n) is 8.88. The van der Waals surface area contributed by atoms with Crippen molar-refractivity contribution in [3.8, 4) is 11.5 Å². The van der Waals surface area contributed by atoms with Gasteiger partial charge in [0.05, 0.1) is 20.3 Å². The molecule has 0 N–H and O–H groups in total. The van der Waals surface area contributed by atoms with Gasteiger partial charge in [-0.1, -0.05) is 6.07 Å². The lowest BCUT2D eigenvalue weighted by Gasteiger charge is -2.28. The molecule has 0 radical (unpaired) electrons. The molecule has 0 saturated carbocycles. The van der Waals surface area contributed by atoms with Crippen LogP contribution in [0, 0.1) is 13.8 Å². The fraction of sp³-hybridized carbons (Fsp3) is 0.400. The van der Waals surface area contributed by atoms with Crippen LogP contribution in [0.2, 0.25) is 0 Å². The van der Waals surface area contributed by atoms with E-state index < -0.39 is 10.1 Å². The van der Waals surface area contributed by atoms with Gasteiger partial charge in [-0.2, -0.15) is 8.42 Å². The van der Waals surface area contributed by atoms with Crippen LogP contribution >= 0.6 is 0 Å². The molecule has 0 amide bonds. The number of benzene rings is 2. The van der Waals surface area contributed by atoms with E-state index in [9.17, 15) is 8.42 Å². The second-order valence-corrected chi connectivity index (χ2v) is 8.21. The Labute approximate surface area is 160 Å². The number of rotatable bonds is 6. The minimum Gasteiger partial charge on any atom is -0.497 e. The largest absolute Gasteiger partial charge is 0.497 e. The molecule has 2 aromatic carbocycles. The lowest BCUT2D eigenvalue weighted by molar-refractivity contribution is 0.0339. The summed E-state index contributed by atoms with van der Waals surface area (Å²) in [6, 6.07) is 10.0. The van der Waals surface area contributed by atoms with Crippen LogP contribution in [0.3, 0.4) is 0 Å². The summed E-state index contributed by atoms with van der Waals surface area (Å²) < 4.78 is 41.6. The third-order valence-corrected chi connectivity index (χ3v) is 5.86. The normalized spacial score (nSPS) is 15.5. The van der Waals surface area contributed by atoms with E-state index in [1.54, 1.807) is 18.2 Å². The van der Waals surface area contributed by atoms with E-state index >= 15 is 0 Å². The Kier molecular flexibility index (Phi) is 6.04. The molecule has 27 heavy (non-hydrogen) atoms. The fourth-order valence-corrected chi connectivity index (χ4v) is 4.08. The molecule has 0 bridgehead atoms. The third kappa shape index (κ3) is 4.80. The van der Waals surface area contributed by atoms with Crippen LogP contribution in [-0.2, 0) is 21.4 Å². The first-order valence-corrected chi connectivity index (χ1v) is 10.3. The molecule has 1 aliphatic rings. The number of nitrogens with zero attached hydrogens (tertiary/aromatic N) is 1. The summed E-state index contributed by atoms with van der Waals surface area (Å²) in [5.74, 6) is 0.975. The first-order chi connectivity index (χ1) is 12.9. The van der Waals surface area contributed by atoms with Crippen molar-refractivity contribution in [2.24, 2.45) is 0 Å². The molecule has 0 spiro atoms. The molecular formula is C20H25NO5S. The molecule has 146 valence electrons. The Hall–Kier alpha value is -2.09. The van der Waals surface area contributed by atoms with Crippen LogP contribution in [0.5, 0.6) is 11.5 Å². The molecule has 7 heteroatoms. The van der Waals surface area contributed by atoms with E-state index in [0.29, 0.717) is 31.3 Å². The maximum atomic E-state index is 12.8. The molecule has 6 nitrogen and oxygen atoms in total. The predicted octanol–water partition coefficient (Wildman–Crippen LogP) is 2.91. The number of morpholine rings is 1. The molecule has 1 saturated heterocycles. The van der Waals surface area contributed by atoms with E-state index in [0.717, 1.165) is 29.8 Å². The molecule has 3 rings (SSSR count). The average Bonchev–Trinajstić information content (AvgIpc) is 2.65.